The van der Waals surface area contributed by atoms with Crippen molar-refractivity contribution in [3.05, 3.63) is 77.6 Å². The average Bonchev–Trinajstić information content (AvgIpc) is 3.04. The highest BCUT2D eigenvalue weighted by molar-refractivity contribution is 7.92. The van der Waals surface area contributed by atoms with Crippen molar-refractivity contribution in [2.24, 2.45) is 0 Å². The molecule has 3 aromatic rings. The first-order chi connectivity index (χ1) is 15.3. The monoisotopic (exact) mass is 453 g/mol. The second-order valence-corrected chi connectivity index (χ2v) is 8.60. The molecule has 4 rings (SSSR count). The minimum absolute atomic E-state index is 0.0114. The molecule has 0 saturated carbocycles. The van der Waals surface area contributed by atoms with Gasteiger partial charge >= 0.3 is 0 Å². The maximum Gasteiger partial charge on any atom is 0.280 e. The van der Waals surface area contributed by atoms with Gasteiger partial charge in [-0.05, 0) is 42.0 Å². The second-order valence-electron chi connectivity index (χ2n) is 6.92. The number of nitrogens with zero attached hydrogens (tertiary/aromatic N) is 2. The fourth-order valence-electron chi connectivity index (χ4n) is 3.33. The van der Waals surface area contributed by atoms with E-state index in [-0.39, 0.29) is 22.7 Å². The number of imide groups is 1. The molecule has 0 radical (unpaired) electrons. The Morgan fingerprint density at radius 2 is 1.66 bits per heavy atom. The summed E-state index contributed by atoms with van der Waals surface area (Å²) in [4.78, 5) is 30.0. The van der Waals surface area contributed by atoms with Gasteiger partial charge in [0.25, 0.3) is 21.8 Å². The number of methoxy groups -OCH3 is 2. The van der Waals surface area contributed by atoms with Crippen LogP contribution in [0.2, 0.25) is 0 Å². The second kappa shape index (κ2) is 8.31. The van der Waals surface area contributed by atoms with E-state index in [4.69, 9.17) is 9.47 Å². The molecule has 9 nitrogen and oxygen atoms in total. The first-order valence-corrected chi connectivity index (χ1v) is 11.0. The Morgan fingerprint density at radius 3 is 2.31 bits per heavy atom. The molecule has 2 heterocycles. The van der Waals surface area contributed by atoms with E-state index in [9.17, 15) is 18.0 Å². The Labute approximate surface area is 184 Å². The van der Waals surface area contributed by atoms with Crippen molar-refractivity contribution < 1.29 is 27.5 Å². The van der Waals surface area contributed by atoms with Crippen LogP contribution in [0.3, 0.4) is 0 Å². The number of carbonyl (C=O) groups is 2. The largest absolute Gasteiger partial charge is 0.493 e. The van der Waals surface area contributed by atoms with Gasteiger partial charge in [0, 0.05) is 12.3 Å². The van der Waals surface area contributed by atoms with E-state index in [0.717, 1.165) is 4.90 Å². The Hall–Kier alpha value is -3.92. The van der Waals surface area contributed by atoms with E-state index >= 15 is 0 Å². The number of rotatable bonds is 7. The average molecular weight is 453 g/mol. The van der Waals surface area contributed by atoms with Crippen LogP contribution in [0, 0.1) is 0 Å². The van der Waals surface area contributed by atoms with Gasteiger partial charge in [-0.25, -0.2) is 8.42 Å². The SMILES string of the molecule is COc1ccc(NS(=O)(=O)c2ccc(CN3C(=O)c4cccnc4C3=O)cc2)cc1OC. The maximum atomic E-state index is 12.8. The number of fused-ring (bicyclic) bond motifs is 1. The molecule has 10 heteroatoms. The number of ether oxygens (including phenoxy) is 2. The lowest BCUT2D eigenvalue weighted by Crippen LogP contribution is -2.29. The first kappa shape index (κ1) is 21.3. The highest BCUT2D eigenvalue weighted by atomic mass is 32.2. The summed E-state index contributed by atoms with van der Waals surface area (Å²) in [5.41, 5.74) is 1.29. The molecule has 1 N–H and O–H groups in total. The number of benzene rings is 2. The molecule has 0 spiro atoms. The summed E-state index contributed by atoms with van der Waals surface area (Å²) in [6.07, 6.45) is 1.46. The van der Waals surface area contributed by atoms with Crippen LogP contribution in [0.15, 0.2) is 65.7 Å². The minimum Gasteiger partial charge on any atom is -0.493 e. The van der Waals surface area contributed by atoms with Crippen LogP contribution in [0.25, 0.3) is 0 Å². The van der Waals surface area contributed by atoms with E-state index in [1.54, 1.807) is 36.4 Å². The number of nitrogens with one attached hydrogen (secondary N) is 1. The number of sulfonamides is 1. The van der Waals surface area contributed by atoms with Crippen molar-refractivity contribution in [3.8, 4) is 11.5 Å². The van der Waals surface area contributed by atoms with Crippen LogP contribution in [0.5, 0.6) is 11.5 Å². The van der Waals surface area contributed by atoms with Gasteiger partial charge in [0.1, 0.15) is 5.69 Å². The number of hydrogen-bond acceptors (Lipinski definition) is 7. The lowest BCUT2D eigenvalue weighted by molar-refractivity contribution is 0.0640. The third-order valence-corrected chi connectivity index (χ3v) is 6.34. The predicted molar refractivity (Wildman–Crippen MR) is 115 cm³/mol. The molecule has 0 saturated heterocycles. The topological polar surface area (TPSA) is 115 Å². The summed E-state index contributed by atoms with van der Waals surface area (Å²) in [5, 5.41) is 0. The molecule has 0 aliphatic carbocycles. The molecule has 32 heavy (non-hydrogen) atoms. The molecule has 2 aromatic carbocycles. The third-order valence-electron chi connectivity index (χ3n) is 4.94. The highest BCUT2D eigenvalue weighted by Gasteiger charge is 2.36. The van der Waals surface area contributed by atoms with Crippen LogP contribution in [-0.2, 0) is 16.6 Å². The summed E-state index contributed by atoms with van der Waals surface area (Å²) >= 11 is 0. The minimum atomic E-state index is -3.87. The van der Waals surface area contributed by atoms with E-state index in [1.807, 2.05) is 0 Å². The highest BCUT2D eigenvalue weighted by Crippen LogP contribution is 2.31. The maximum absolute atomic E-state index is 12.8. The zero-order valence-corrected chi connectivity index (χ0v) is 18.0. The smallest absolute Gasteiger partial charge is 0.280 e. The van der Waals surface area contributed by atoms with Crippen LogP contribution in [0.4, 0.5) is 5.69 Å². The van der Waals surface area contributed by atoms with Crippen molar-refractivity contribution in [2.45, 2.75) is 11.4 Å². The van der Waals surface area contributed by atoms with E-state index < -0.39 is 21.8 Å². The molecule has 0 unspecified atom stereocenters. The van der Waals surface area contributed by atoms with Crippen molar-refractivity contribution in [1.82, 2.24) is 9.88 Å². The number of pyridine rings is 1. The zero-order valence-electron chi connectivity index (χ0n) is 17.2. The molecule has 1 aromatic heterocycles. The van der Waals surface area contributed by atoms with Crippen LogP contribution in [0.1, 0.15) is 26.4 Å². The van der Waals surface area contributed by atoms with Crippen LogP contribution >= 0.6 is 0 Å². The number of amides is 2. The predicted octanol–water partition coefficient (Wildman–Crippen LogP) is 2.70. The standard InChI is InChI=1S/C22H19N3O6S/c1-30-18-10-7-15(12-19(18)31-2)24-32(28,29)16-8-5-14(6-9-16)13-25-21(26)17-4-3-11-23-20(17)22(25)27/h3-12,24H,13H2,1-2H3. The van der Waals surface area contributed by atoms with Gasteiger partial charge in [-0.3, -0.25) is 24.2 Å². The van der Waals surface area contributed by atoms with Gasteiger partial charge in [0.2, 0.25) is 0 Å². The molecule has 164 valence electrons. The summed E-state index contributed by atoms with van der Waals surface area (Å²) in [6, 6.07) is 13.8. The molecule has 2 amide bonds. The van der Waals surface area contributed by atoms with Gasteiger partial charge in [-0.1, -0.05) is 12.1 Å². The summed E-state index contributed by atoms with van der Waals surface area (Å²) < 4.78 is 38.3. The van der Waals surface area contributed by atoms with Gasteiger partial charge in [0.15, 0.2) is 11.5 Å². The van der Waals surface area contributed by atoms with Gasteiger partial charge < -0.3 is 9.47 Å². The number of anilines is 1. The lowest BCUT2D eigenvalue weighted by atomic mass is 10.2. The Morgan fingerprint density at radius 1 is 0.938 bits per heavy atom. The van der Waals surface area contributed by atoms with Gasteiger partial charge in [-0.15, -0.1) is 0 Å². The van der Waals surface area contributed by atoms with E-state index in [2.05, 4.69) is 9.71 Å². The molecule has 0 atom stereocenters. The van der Waals surface area contributed by atoms with Crippen molar-refractivity contribution in [2.75, 3.05) is 18.9 Å². The Balaban J connectivity index is 1.50. The van der Waals surface area contributed by atoms with E-state index in [0.29, 0.717) is 22.7 Å². The summed E-state index contributed by atoms with van der Waals surface area (Å²) in [6.45, 7) is 0.0114. The Bertz CT molecular complexity index is 1270. The van der Waals surface area contributed by atoms with Crippen LogP contribution in [-0.4, -0.2) is 44.3 Å². The van der Waals surface area contributed by atoms with Crippen LogP contribution < -0.4 is 14.2 Å². The fraction of sp³-hybridized carbons (Fsp3) is 0.136. The summed E-state index contributed by atoms with van der Waals surface area (Å²) in [5.74, 6) is -0.0380. The molecular weight excluding hydrogens is 434 g/mol. The van der Waals surface area contributed by atoms with E-state index in [1.165, 1.54) is 38.6 Å². The van der Waals surface area contributed by atoms with Crippen molar-refractivity contribution in [1.29, 1.82) is 0 Å². The molecule has 0 bridgehead atoms. The normalized spacial score (nSPS) is 13.1. The molecular formula is C22H19N3O6S. The van der Waals surface area contributed by atoms with Gasteiger partial charge in [0.05, 0.1) is 36.9 Å². The van der Waals surface area contributed by atoms with Gasteiger partial charge in [-0.2, -0.15) is 0 Å². The number of carbonyl (C=O) groups excluding carboxylic acids is 2. The number of hydrogen-bond donors (Lipinski definition) is 1. The van der Waals surface area contributed by atoms with Crippen molar-refractivity contribution in [3.63, 3.8) is 0 Å². The lowest BCUT2D eigenvalue weighted by Gasteiger charge is -2.14. The molecule has 0 fully saturated rings. The van der Waals surface area contributed by atoms with Crippen molar-refractivity contribution >= 4 is 27.5 Å². The Kier molecular flexibility index (Phi) is 5.54. The third kappa shape index (κ3) is 3.87. The molecule has 1 aliphatic rings. The fourth-order valence-corrected chi connectivity index (χ4v) is 4.38. The molecule has 1 aliphatic heterocycles. The quantitative estimate of drug-likeness (QED) is 0.547. The number of aromatic nitrogens is 1. The first-order valence-electron chi connectivity index (χ1n) is 9.49. The summed E-state index contributed by atoms with van der Waals surface area (Å²) in [7, 11) is -0.926. The zero-order chi connectivity index (χ0) is 22.9.